The van der Waals surface area contributed by atoms with Gasteiger partial charge in [-0.1, -0.05) is 13.8 Å². The molecule has 0 radical (unpaired) electrons. The normalized spacial score (nSPS) is 10.5. The fourth-order valence-corrected chi connectivity index (χ4v) is 1.77. The minimum Gasteiger partial charge on any atom is -0.478 e. The monoisotopic (exact) mass is 222 g/mol. The number of aromatic carboxylic acids is 1. The van der Waals surface area contributed by atoms with Crippen molar-refractivity contribution in [2.45, 2.75) is 32.7 Å². The molecule has 1 aromatic heterocycles. The Hall–Kier alpha value is -1.58. The van der Waals surface area contributed by atoms with Crippen molar-refractivity contribution >= 4 is 11.8 Å². The molecular formula is C12H18N2O2. The molecule has 0 fully saturated rings. The molecule has 0 unspecified atom stereocenters. The number of hydrogen-bond donors (Lipinski definition) is 1. The van der Waals surface area contributed by atoms with Crippen molar-refractivity contribution in [2.24, 2.45) is 0 Å². The molecule has 0 amide bonds. The molecule has 0 bridgehead atoms. The van der Waals surface area contributed by atoms with E-state index in [-0.39, 0.29) is 5.56 Å². The van der Waals surface area contributed by atoms with Gasteiger partial charge >= 0.3 is 5.97 Å². The minimum atomic E-state index is -0.915. The third-order valence-electron chi connectivity index (χ3n) is 2.84. The van der Waals surface area contributed by atoms with E-state index in [4.69, 9.17) is 5.11 Å². The predicted molar refractivity (Wildman–Crippen MR) is 64.0 cm³/mol. The molecule has 0 saturated heterocycles. The van der Waals surface area contributed by atoms with Gasteiger partial charge in [0.2, 0.25) is 0 Å². The Morgan fingerprint density at radius 3 is 2.62 bits per heavy atom. The summed E-state index contributed by atoms with van der Waals surface area (Å²) in [6.45, 7) is 4.23. The second kappa shape index (κ2) is 5.49. The SMILES string of the molecule is CCC(CC)N(C)c1cc(C(=O)O)ccn1. The summed E-state index contributed by atoms with van der Waals surface area (Å²) in [6.07, 6.45) is 3.58. The number of carboxylic acids is 1. The van der Waals surface area contributed by atoms with Crippen LogP contribution in [0.2, 0.25) is 0 Å². The molecule has 4 heteroatoms. The van der Waals surface area contributed by atoms with Gasteiger partial charge in [0.15, 0.2) is 0 Å². The van der Waals surface area contributed by atoms with Crippen LogP contribution in [-0.2, 0) is 0 Å². The molecule has 0 aromatic carbocycles. The van der Waals surface area contributed by atoms with Gasteiger partial charge in [0, 0.05) is 19.3 Å². The van der Waals surface area contributed by atoms with Gasteiger partial charge in [0.05, 0.1) is 5.56 Å². The Morgan fingerprint density at radius 2 is 2.12 bits per heavy atom. The van der Waals surface area contributed by atoms with Gasteiger partial charge in [-0.15, -0.1) is 0 Å². The van der Waals surface area contributed by atoms with Crippen LogP contribution in [0, 0.1) is 0 Å². The quantitative estimate of drug-likeness (QED) is 0.831. The molecule has 0 aliphatic heterocycles. The first-order valence-corrected chi connectivity index (χ1v) is 5.52. The largest absolute Gasteiger partial charge is 0.478 e. The number of aromatic nitrogens is 1. The average molecular weight is 222 g/mol. The summed E-state index contributed by atoms with van der Waals surface area (Å²) in [5, 5.41) is 8.90. The fraction of sp³-hybridized carbons (Fsp3) is 0.500. The molecule has 0 spiro atoms. The van der Waals surface area contributed by atoms with Crippen molar-refractivity contribution in [3.63, 3.8) is 0 Å². The highest BCUT2D eigenvalue weighted by Gasteiger charge is 2.13. The topological polar surface area (TPSA) is 53.4 Å². The van der Waals surface area contributed by atoms with Gasteiger partial charge in [-0.2, -0.15) is 0 Å². The zero-order valence-corrected chi connectivity index (χ0v) is 9.97. The number of carboxylic acid groups (broad SMARTS) is 1. The highest BCUT2D eigenvalue weighted by molar-refractivity contribution is 5.88. The standard InChI is InChI=1S/C12H18N2O2/c1-4-10(5-2)14(3)11-8-9(12(15)16)6-7-13-11/h6-8,10H,4-5H2,1-3H3,(H,15,16). The molecule has 0 atom stereocenters. The van der Waals surface area contributed by atoms with Crippen LogP contribution in [0.5, 0.6) is 0 Å². The maximum atomic E-state index is 10.8. The highest BCUT2D eigenvalue weighted by atomic mass is 16.4. The molecule has 1 rings (SSSR count). The first-order chi connectivity index (χ1) is 7.60. The molecule has 0 saturated carbocycles. The fourth-order valence-electron chi connectivity index (χ4n) is 1.77. The first kappa shape index (κ1) is 12.5. The number of anilines is 1. The molecule has 16 heavy (non-hydrogen) atoms. The van der Waals surface area contributed by atoms with E-state index in [2.05, 4.69) is 18.8 Å². The van der Waals surface area contributed by atoms with Crippen molar-refractivity contribution in [3.05, 3.63) is 23.9 Å². The maximum absolute atomic E-state index is 10.8. The summed E-state index contributed by atoms with van der Waals surface area (Å²) < 4.78 is 0. The van der Waals surface area contributed by atoms with Crippen molar-refractivity contribution in [1.29, 1.82) is 0 Å². The van der Waals surface area contributed by atoms with E-state index in [0.717, 1.165) is 12.8 Å². The molecule has 88 valence electrons. The Bertz CT molecular complexity index is 362. The molecule has 1 N–H and O–H groups in total. The Kier molecular flexibility index (Phi) is 4.28. The van der Waals surface area contributed by atoms with Crippen LogP contribution in [-0.4, -0.2) is 29.1 Å². The lowest BCUT2D eigenvalue weighted by molar-refractivity contribution is 0.0697. The average Bonchev–Trinajstić information content (AvgIpc) is 2.30. The zero-order chi connectivity index (χ0) is 12.1. The molecule has 1 aromatic rings. The van der Waals surface area contributed by atoms with E-state index in [9.17, 15) is 4.79 Å². The number of hydrogen-bond acceptors (Lipinski definition) is 3. The minimum absolute atomic E-state index is 0.280. The Balaban J connectivity index is 2.94. The van der Waals surface area contributed by atoms with Crippen LogP contribution in [0.3, 0.4) is 0 Å². The predicted octanol–water partition coefficient (Wildman–Crippen LogP) is 2.40. The summed E-state index contributed by atoms with van der Waals surface area (Å²) in [5.41, 5.74) is 0.280. The van der Waals surface area contributed by atoms with Gasteiger partial charge < -0.3 is 10.0 Å². The van der Waals surface area contributed by atoms with Crippen LogP contribution in [0.1, 0.15) is 37.0 Å². The summed E-state index contributed by atoms with van der Waals surface area (Å²) in [4.78, 5) is 17.1. The van der Waals surface area contributed by atoms with Gasteiger partial charge in [-0.3, -0.25) is 0 Å². The molecule has 0 aliphatic rings. The molecule has 0 aliphatic carbocycles. The van der Waals surface area contributed by atoms with Gasteiger partial charge in [0.25, 0.3) is 0 Å². The number of rotatable bonds is 5. The molecule has 4 nitrogen and oxygen atoms in total. The van der Waals surface area contributed by atoms with Crippen LogP contribution in [0.4, 0.5) is 5.82 Å². The van der Waals surface area contributed by atoms with Crippen LogP contribution < -0.4 is 4.90 Å². The van der Waals surface area contributed by atoms with Crippen molar-refractivity contribution < 1.29 is 9.90 Å². The molecular weight excluding hydrogens is 204 g/mol. The van der Waals surface area contributed by atoms with E-state index < -0.39 is 5.97 Å². The van der Waals surface area contributed by atoms with E-state index in [1.165, 1.54) is 12.3 Å². The Labute approximate surface area is 95.9 Å². The third-order valence-corrected chi connectivity index (χ3v) is 2.84. The number of pyridine rings is 1. The second-order valence-electron chi connectivity index (χ2n) is 3.79. The lowest BCUT2D eigenvalue weighted by Gasteiger charge is -2.27. The van der Waals surface area contributed by atoms with Crippen molar-refractivity contribution in [2.75, 3.05) is 11.9 Å². The summed E-state index contributed by atoms with van der Waals surface area (Å²) in [7, 11) is 1.95. The summed E-state index contributed by atoms with van der Waals surface area (Å²) >= 11 is 0. The lowest BCUT2D eigenvalue weighted by Crippen LogP contribution is -2.31. The number of carbonyl (C=O) groups is 1. The van der Waals surface area contributed by atoms with Gasteiger partial charge in [-0.05, 0) is 25.0 Å². The maximum Gasteiger partial charge on any atom is 0.335 e. The molecule has 1 heterocycles. The summed E-state index contributed by atoms with van der Waals surface area (Å²) in [6, 6.07) is 3.52. The lowest BCUT2D eigenvalue weighted by atomic mass is 10.1. The van der Waals surface area contributed by atoms with Gasteiger partial charge in [0.1, 0.15) is 5.82 Å². The second-order valence-corrected chi connectivity index (χ2v) is 3.79. The smallest absolute Gasteiger partial charge is 0.335 e. The van der Waals surface area contributed by atoms with Crippen LogP contribution >= 0.6 is 0 Å². The van der Waals surface area contributed by atoms with Crippen molar-refractivity contribution in [3.8, 4) is 0 Å². The van der Waals surface area contributed by atoms with Gasteiger partial charge in [-0.25, -0.2) is 9.78 Å². The van der Waals surface area contributed by atoms with E-state index in [1.807, 2.05) is 11.9 Å². The number of nitrogens with zero attached hydrogens (tertiary/aromatic N) is 2. The van der Waals surface area contributed by atoms with E-state index >= 15 is 0 Å². The zero-order valence-electron chi connectivity index (χ0n) is 9.97. The Morgan fingerprint density at radius 1 is 1.50 bits per heavy atom. The highest BCUT2D eigenvalue weighted by Crippen LogP contribution is 2.17. The summed E-state index contributed by atoms with van der Waals surface area (Å²) in [5.74, 6) is -0.199. The first-order valence-electron chi connectivity index (χ1n) is 5.52. The van der Waals surface area contributed by atoms with Crippen LogP contribution in [0.25, 0.3) is 0 Å². The van der Waals surface area contributed by atoms with E-state index in [0.29, 0.717) is 11.9 Å². The third kappa shape index (κ3) is 2.72. The van der Waals surface area contributed by atoms with Crippen molar-refractivity contribution in [1.82, 2.24) is 4.98 Å². The van der Waals surface area contributed by atoms with E-state index in [1.54, 1.807) is 6.07 Å². The van der Waals surface area contributed by atoms with Crippen LogP contribution in [0.15, 0.2) is 18.3 Å².